The molecule has 9 heteroatoms. The van der Waals surface area contributed by atoms with Gasteiger partial charge in [-0.2, -0.15) is 13.2 Å². The molecular formula is C10H12BrF3N2O2S. The predicted molar refractivity (Wildman–Crippen MR) is 67.9 cm³/mol. The van der Waals surface area contributed by atoms with Gasteiger partial charge in [0.2, 0.25) is 10.0 Å². The van der Waals surface area contributed by atoms with Gasteiger partial charge in [0.15, 0.2) is 0 Å². The van der Waals surface area contributed by atoms with Crippen molar-refractivity contribution in [2.75, 3.05) is 7.05 Å². The van der Waals surface area contributed by atoms with Crippen LogP contribution in [0.5, 0.6) is 0 Å². The van der Waals surface area contributed by atoms with Crippen LogP contribution in [0.4, 0.5) is 13.2 Å². The molecule has 108 valence electrons. The molecule has 1 heterocycles. The van der Waals surface area contributed by atoms with E-state index in [1.807, 2.05) is 0 Å². The molecule has 19 heavy (non-hydrogen) atoms. The molecule has 0 fully saturated rings. The van der Waals surface area contributed by atoms with E-state index in [1.165, 1.54) is 25.4 Å². The van der Waals surface area contributed by atoms with Gasteiger partial charge in [0.1, 0.15) is 9.85 Å². The van der Waals surface area contributed by atoms with Crippen LogP contribution in [0.1, 0.15) is 23.7 Å². The molecule has 1 atom stereocenters. The van der Waals surface area contributed by atoms with Gasteiger partial charge in [-0.05, 0) is 41.0 Å². The molecule has 0 aliphatic heterocycles. The van der Waals surface area contributed by atoms with Gasteiger partial charge >= 0.3 is 6.18 Å². The third kappa shape index (κ3) is 5.07. The van der Waals surface area contributed by atoms with E-state index in [0.29, 0.717) is 4.60 Å². The number of sulfonamides is 1. The second-order valence-electron chi connectivity index (χ2n) is 3.81. The average molecular weight is 361 g/mol. The topological polar surface area (TPSA) is 59.1 Å². The normalized spacial score (nSPS) is 14.4. The monoisotopic (exact) mass is 360 g/mol. The van der Waals surface area contributed by atoms with Crippen LogP contribution >= 0.6 is 15.9 Å². The number of rotatable bonds is 5. The van der Waals surface area contributed by atoms with Crippen molar-refractivity contribution < 1.29 is 21.6 Å². The Hall–Kier alpha value is -0.670. The molecule has 0 saturated carbocycles. The van der Waals surface area contributed by atoms with Crippen LogP contribution in [0.15, 0.2) is 22.9 Å². The van der Waals surface area contributed by atoms with E-state index in [1.54, 1.807) is 0 Å². The van der Waals surface area contributed by atoms with Crippen molar-refractivity contribution >= 4 is 26.0 Å². The minimum atomic E-state index is -4.40. The Morgan fingerprint density at radius 3 is 2.47 bits per heavy atom. The lowest BCUT2D eigenvalue weighted by atomic mass is 10.1. The van der Waals surface area contributed by atoms with E-state index in [4.69, 9.17) is 0 Å². The molecule has 0 spiro atoms. The van der Waals surface area contributed by atoms with Crippen LogP contribution in [0, 0.1) is 0 Å². The summed E-state index contributed by atoms with van der Waals surface area (Å²) >= 11 is 3.08. The molecule has 0 aliphatic carbocycles. The zero-order valence-electron chi connectivity index (χ0n) is 9.91. The summed E-state index contributed by atoms with van der Waals surface area (Å²) in [6.07, 6.45) is -4.87. The summed E-state index contributed by atoms with van der Waals surface area (Å²) in [5.41, 5.74) is 0.224. The summed E-state index contributed by atoms with van der Waals surface area (Å²) in [6, 6.07) is 2.92. The fourth-order valence-corrected chi connectivity index (χ4v) is 2.96. The minimum absolute atomic E-state index is 0.224. The highest BCUT2D eigenvalue weighted by Gasteiger charge is 2.33. The highest BCUT2D eigenvalue weighted by molar-refractivity contribution is 9.10. The molecule has 4 nitrogen and oxygen atoms in total. The van der Waals surface area contributed by atoms with Crippen molar-refractivity contribution in [2.24, 2.45) is 0 Å². The van der Waals surface area contributed by atoms with Gasteiger partial charge in [-0.1, -0.05) is 6.07 Å². The molecule has 1 unspecified atom stereocenters. The van der Waals surface area contributed by atoms with Gasteiger partial charge in [-0.15, -0.1) is 0 Å². The first-order valence-corrected chi connectivity index (χ1v) is 7.60. The van der Waals surface area contributed by atoms with Gasteiger partial charge in [0, 0.05) is 12.6 Å². The highest BCUT2D eigenvalue weighted by Crippen LogP contribution is 2.32. The van der Waals surface area contributed by atoms with E-state index < -0.39 is 34.3 Å². The summed E-state index contributed by atoms with van der Waals surface area (Å²) in [6.45, 7) is 0. The van der Waals surface area contributed by atoms with E-state index >= 15 is 0 Å². The lowest BCUT2D eigenvalue weighted by molar-refractivity contribution is -0.135. The standard InChI is InChI=1S/C10H12BrF3N2O2S/c1-15-19(17,18)8(4-5-10(12,13)14)7-2-3-9(11)16-6-7/h2-3,6,8,15H,4-5H2,1H3. The summed E-state index contributed by atoms with van der Waals surface area (Å²) in [5, 5.41) is -1.28. The number of halogens is 4. The maximum Gasteiger partial charge on any atom is 0.389 e. The molecule has 0 aromatic carbocycles. The first-order valence-electron chi connectivity index (χ1n) is 5.26. The molecule has 0 aliphatic rings. The maximum atomic E-state index is 12.2. The van der Waals surface area contributed by atoms with Gasteiger partial charge in [-0.3, -0.25) is 0 Å². The van der Waals surface area contributed by atoms with Crippen LogP contribution in [0.25, 0.3) is 0 Å². The second-order valence-corrected chi connectivity index (χ2v) is 6.69. The zero-order valence-corrected chi connectivity index (χ0v) is 12.3. The Balaban J connectivity index is 3.03. The lowest BCUT2D eigenvalue weighted by Crippen LogP contribution is -2.27. The molecule has 1 rings (SSSR count). The SMILES string of the molecule is CNS(=O)(=O)C(CCC(F)(F)F)c1ccc(Br)nc1. The summed E-state index contributed by atoms with van der Waals surface area (Å²) in [5.74, 6) is 0. The van der Waals surface area contributed by atoms with Crippen LogP contribution in [0.2, 0.25) is 0 Å². The number of aromatic nitrogens is 1. The van der Waals surface area contributed by atoms with E-state index in [2.05, 4.69) is 25.6 Å². The smallest absolute Gasteiger partial charge is 0.249 e. The Labute approximate surface area is 117 Å². The van der Waals surface area contributed by atoms with Crippen LogP contribution in [-0.2, 0) is 10.0 Å². The average Bonchev–Trinajstić information content (AvgIpc) is 2.30. The van der Waals surface area contributed by atoms with Crippen LogP contribution < -0.4 is 4.72 Å². The zero-order chi connectivity index (χ0) is 14.7. The van der Waals surface area contributed by atoms with Gasteiger partial charge < -0.3 is 0 Å². The first-order chi connectivity index (χ1) is 8.65. The number of nitrogens with one attached hydrogen (secondary N) is 1. The molecule has 1 aromatic heterocycles. The summed E-state index contributed by atoms with van der Waals surface area (Å²) < 4.78 is 62.9. The van der Waals surface area contributed by atoms with Gasteiger partial charge in [-0.25, -0.2) is 18.1 Å². The lowest BCUT2D eigenvalue weighted by Gasteiger charge is -2.18. The van der Waals surface area contributed by atoms with Gasteiger partial charge in [0.05, 0.1) is 0 Å². The first kappa shape index (κ1) is 16.4. The van der Waals surface area contributed by atoms with E-state index in [9.17, 15) is 21.6 Å². The quantitative estimate of drug-likeness (QED) is 0.821. The van der Waals surface area contributed by atoms with Crippen molar-refractivity contribution in [3.8, 4) is 0 Å². The maximum absolute atomic E-state index is 12.2. The van der Waals surface area contributed by atoms with Crippen molar-refractivity contribution in [3.05, 3.63) is 28.5 Å². The summed E-state index contributed by atoms with van der Waals surface area (Å²) in [7, 11) is -2.69. The predicted octanol–water partition coefficient (Wildman–Crippen LogP) is 2.78. The second kappa shape index (κ2) is 6.19. The summed E-state index contributed by atoms with van der Waals surface area (Å²) in [4.78, 5) is 3.84. The molecule has 0 bridgehead atoms. The molecule has 1 N–H and O–H groups in total. The van der Waals surface area contributed by atoms with Crippen molar-refractivity contribution in [2.45, 2.75) is 24.3 Å². The van der Waals surface area contributed by atoms with Crippen LogP contribution in [-0.4, -0.2) is 26.6 Å². The number of pyridine rings is 1. The largest absolute Gasteiger partial charge is 0.389 e. The number of hydrogen-bond acceptors (Lipinski definition) is 3. The van der Waals surface area contributed by atoms with Crippen molar-refractivity contribution in [1.82, 2.24) is 9.71 Å². The number of nitrogens with zero attached hydrogens (tertiary/aromatic N) is 1. The number of alkyl halides is 3. The number of hydrogen-bond donors (Lipinski definition) is 1. The Morgan fingerprint density at radius 1 is 1.42 bits per heavy atom. The van der Waals surface area contributed by atoms with Crippen molar-refractivity contribution in [3.63, 3.8) is 0 Å². The van der Waals surface area contributed by atoms with Crippen molar-refractivity contribution in [1.29, 1.82) is 0 Å². The fraction of sp³-hybridized carbons (Fsp3) is 0.500. The third-order valence-electron chi connectivity index (χ3n) is 2.47. The van der Waals surface area contributed by atoms with E-state index in [-0.39, 0.29) is 5.56 Å². The van der Waals surface area contributed by atoms with Crippen LogP contribution in [0.3, 0.4) is 0 Å². The Kier molecular flexibility index (Phi) is 5.34. The van der Waals surface area contributed by atoms with Gasteiger partial charge in [0.25, 0.3) is 0 Å². The third-order valence-corrected chi connectivity index (χ3v) is 4.77. The Morgan fingerprint density at radius 2 is 2.05 bits per heavy atom. The molecular weight excluding hydrogens is 349 g/mol. The molecule has 0 radical (unpaired) electrons. The molecule has 1 aromatic rings. The fourth-order valence-electron chi connectivity index (χ4n) is 1.52. The molecule has 0 saturated heterocycles. The molecule has 0 amide bonds. The highest BCUT2D eigenvalue weighted by atomic mass is 79.9. The minimum Gasteiger partial charge on any atom is -0.249 e. The Bertz CT molecular complexity index is 517. The van der Waals surface area contributed by atoms with E-state index in [0.717, 1.165) is 0 Å².